The maximum absolute atomic E-state index is 13.3. The van der Waals surface area contributed by atoms with E-state index in [-0.39, 0.29) is 24.1 Å². The first-order chi connectivity index (χ1) is 14.0. The smallest absolute Gasteiger partial charge is 0.258 e. The molecule has 1 N–H and O–H groups in total. The molecule has 2 aromatic carbocycles. The van der Waals surface area contributed by atoms with Gasteiger partial charge >= 0.3 is 0 Å². The second-order valence-corrected chi connectivity index (χ2v) is 7.26. The van der Waals surface area contributed by atoms with E-state index in [9.17, 15) is 14.0 Å². The van der Waals surface area contributed by atoms with Gasteiger partial charge in [0.2, 0.25) is 0 Å². The van der Waals surface area contributed by atoms with Crippen molar-refractivity contribution in [1.82, 2.24) is 5.32 Å². The van der Waals surface area contributed by atoms with Crippen molar-refractivity contribution in [3.8, 4) is 11.5 Å². The third-order valence-electron chi connectivity index (χ3n) is 4.27. The molecule has 0 fully saturated rings. The molecule has 3 aromatic rings. The number of amides is 1. The van der Waals surface area contributed by atoms with Gasteiger partial charge in [-0.2, -0.15) is 0 Å². The minimum atomic E-state index is -0.409. The summed E-state index contributed by atoms with van der Waals surface area (Å²) in [5.74, 6) is -0.0357. The monoisotopic (exact) mass is 413 g/mol. The predicted octanol–water partition coefficient (Wildman–Crippen LogP) is 4.38. The number of carbonyl (C=O) groups is 2. The molecule has 29 heavy (non-hydrogen) atoms. The van der Waals surface area contributed by atoms with E-state index in [0.29, 0.717) is 17.1 Å². The first-order valence-electron chi connectivity index (χ1n) is 8.88. The van der Waals surface area contributed by atoms with Crippen molar-refractivity contribution in [3.63, 3.8) is 0 Å². The largest absolute Gasteiger partial charge is 0.493 e. The fourth-order valence-corrected chi connectivity index (χ4v) is 3.58. The number of Topliss-reactive ketones (excluding diaryl/α,β-unsaturated/α-hetero) is 1. The minimum Gasteiger partial charge on any atom is -0.493 e. The molecule has 0 bridgehead atoms. The van der Waals surface area contributed by atoms with E-state index < -0.39 is 6.04 Å². The normalized spacial score (nSPS) is 11.6. The molecule has 1 amide bonds. The van der Waals surface area contributed by atoms with Gasteiger partial charge in [0.1, 0.15) is 5.82 Å². The van der Waals surface area contributed by atoms with Crippen LogP contribution in [0.1, 0.15) is 33.8 Å². The lowest BCUT2D eigenvalue weighted by Gasteiger charge is -2.19. The van der Waals surface area contributed by atoms with Gasteiger partial charge < -0.3 is 14.8 Å². The highest BCUT2D eigenvalue weighted by Gasteiger charge is 2.19. The van der Waals surface area contributed by atoms with Crippen LogP contribution in [0.2, 0.25) is 0 Å². The van der Waals surface area contributed by atoms with Gasteiger partial charge in [0, 0.05) is 10.4 Å². The number of halogens is 1. The van der Waals surface area contributed by atoms with E-state index in [4.69, 9.17) is 9.47 Å². The van der Waals surface area contributed by atoms with Gasteiger partial charge in [-0.05, 0) is 54.3 Å². The molecule has 3 rings (SSSR count). The first-order valence-corrected chi connectivity index (χ1v) is 9.76. The zero-order valence-corrected chi connectivity index (χ0v) is 16.8. The van der Waals surface area contributed by atoms with Crippen LogP contribution in [-0.4, -0.2) is 25.4 Å². The number of carbonyl (C=O) groups excluding carboxylic acids is 2. The van der Waals surface area contributed by atoms with Crippen LogP contribution < -0.4 is 14.8 Å². The molecule has 0 aliphatic heterocycles. The molecule has 0 unspecified atom stereocenters. The van der Waals surface area contributed by atoms with Gasteiger partial charge in [0.05, 0.1) is 13.2 Å². The molecule has 0 radical (unpaired) electrons. The molecule has 5 nitrogen and oxygen atoms in total. The molecular formula is C22H20FNO4S. The van der Waals surface area contributed by atoms with Crippen molar-refractivity contribution in [1.29, 1.82) is 0 Å². The highest BCUT2D eigenvalue weighted by molar-refractivity contribution is 7.10. The third kappa shape index (κ3) is 5.20. The lowest BCUT2D eigenvalue weighted by atomic mass is 10.1. The van der Waals surface area contributed by atoms with E-state index in [1.54, 1.807) is 30.3 Å². The number of ether oxygens (including phenoxy) is 2. The Kier molecular flexibility index (Phi) is 6.61. The van der Waals surface area contributed by atoms with Crippen molar-refractivity contribution < 1.29 is 23.5 Å². The average molecular weight is 413 g/mol. The molecule has 1 heterocycles. The number of thiophene rings is 1. The zero-order valence-electron chi connectivity index (χ0n) is 16.0. The Balaban J connectivity index is 1.71. The van der Waals surface area contributed by atoms with Crippen LogP contribution in [0, 0.1) is 5.82 Å². The summed E-state index contributed by atoms with van der Waals surface area (Å²) in [5.41, 5.74) is 1.26. The van der Waals surface area contributed by atoms with Crippen molar-refractivity contribution >= 4 is 23.0 Å². The quantitative estimate of drug-likeness (QED) is 0.557. The van der Waals surface area contributed by atoms with Crippen LogP contribution in [-0.2, 0) is 4.79 Å². The van der Waals surface area contributed by atoms with E-state index in [1.165, 1.54) is 37.5 Å². The summed E-state index contributed by atoms with van der Waals surface area (Å²) in [4.78, 5) is 25.0. The highest BCUT2D eigenvalue weighted by atomic mass is 32.1. The predicted molar refractivity (Wildman–Crippen MR) is 109 cm³/mol. The third-order valence-corrected chi connectivity index (χ3v) is 5.20. The zero-order chi connectivity index (χ0) is 20.8. The van der Waals surface area contributed by atoms with Gasteiger partial charge in [0.25, 0.3) is 5.91 Å². The fourth-order valence-electron chi connectivity index (χ4n) is 2.78. The minimum absolute atomic E-state index is 0.0920. The molecule has 150 valence electrons. The summed E-state index contributed by atoms with van der Waals surface area (Å²) < 4.78 is 24.1. The number of benzene rings is 2. The number of hydrogen-bond acceptors (Lipinski definition) is 5. The summed E-state index contributed by atoms with van der Waals surface area (Å²) in [7, 11) is 1.47. The fraction of sp³-hybridized carbons (Fsp3) is 0.182. The molecule has 0 aliphatic rings. The maximum atomic E-state index is 13.3. The Morgan fingerprint density at radius 3 is 2.48 bits per heavy atom. The number of nitrogens with one attached hydrogen (secondary N) is 1. The number of hydrogen-bond donors (Lipinski definition) is 1. The SMILES string of the molecule is COc1cc(C(C)=O)ccc1OCC(=O)N[C@H](c1ccc(F)cc1)c1cccs1. The van der Waals surface area contributed by atoms with Gasteiger partial charge in [-0.3, -0.25) is 9.59 Å². The van der Waals surface area contributed by atoms with Gasteiger partial charge in [-0.25, -0.2) is 4.39 Å². The molecule has 7 heteroatoms. The van der Waals surface area contributed by atoms with E-state index in [0.717, 1.165) is 10.4 Å². The molecule has 0 saturated carbocycles. The van der Waals surface area contributed by atoms with E-state index in [1.807, 2.05) is 17.5 Å². The van der Waals surface area contributed by atoms with Gasteiger partial charge in [-0.1, -0.05) is 18.2 Å². The average Bonchev–Trinajstić information content (AvgIpc) is 3.25. The number of rotatable bonds is 8. The Hall–Kier alpha value is -3.19. The molecule has 0 saturated heterocycles. The van der Waals surface area contributed by atoms with Crippen LogP contribution in [0.15, 0.2) is 60.0 Å². The van der Waals surface area contributed by atoms with Crippen molar-refractivity contribution in [2.24, 2.45) is 0 Å². The highest BCUT2D eigenvalue weighted by Crippen LogP contribution is 2.29. The first kappa shape index (κ1) is 20.5. The number of ketones is 1. The molecule has 1 aromatic heterocycles. The maximum Gasteiger partial charge on any atom is 0.258 e. The number of methoxy groups -OCH3 is 1. The molecule has 1 atom stereocenters. The van der Waals surface area contributed by atoms with Crippen molar-refractivity contribution in [2.75, 3.05) is 13.7 Å². The Labute approximate surface area is 172 Å². The second kappa shape index (κ2) is 9.34. The van der Waals surface area contributed by atoms with Crippen LogP contribution in [0.4, 0.5) is 4.39 Å². The van der Waals surface area contributed by atoms with Gasteiger partial charge in [0.15, 0.2) is 23.9 Å². The van der Waals surface area contributed by atoms with Crippen molar-refractivity contribution in [2.45, 2.75) is 13.0 Å². The lowest BCUT2D eigenvalue weighted by molar-refractivity contribution is -0.123. The molecular weight excluding hydrogens is 393 g/mol. The van der Waals surface area contributed by atoms with Gasteiger partial charge in [-0.15, -0.1) is 11.3 Å². The lowest BCUT2D eigenvalue weighted by Crippen LogP contribution is -2.33. The summed E-state index contributed by atoms with van der Waals surface area (Å²) >= 11 is 1.50. The Morgan fingerprint density at radius 2 is 1.86 bits per heavy atom. The van der Waals surface area contributed by atoms with Crippen LogP contribution >= 0.6 is 11.3 Å². The van der Waals surface area contributed by atoms with E-state index >= 15 is 0 Å². The molecule has 0 spiro atoms. The standard InChI is InChI=1S/C22H20FNO4S/c1-14(25)16-7-10-18(19(12-16)27-2)28-13-21(26)24-22(20-4-3-11-29-20)15-5-8-17(23)9-6-15/h3-12,22H,13H2,1-2H3,(H,24,26)/t22-/m1/s1. The van der Waals surface area contributed by atoms with Crippen molar-refractivity contribution in [3.05, 3.63) is 81.8 Å². The summed E-state index contributed by atoms with van der Waals surface area (Å²) in [5, 5.41) is 4.83. The molecule has 0 aliphatic carbocycles. The van der Waals surface area contributed by atoms with Crippen LogP contribution in [0.5, 0.6) is 11.5 Å². The van der Waals surface area contributed by atoms with Crippen LogP contribution in [0.3, 0.4) is 0 Å². The summed E-state index contributed by atoms with van der Waals surface area (Å²) in [6, 6.07) is 14.2. The topological polar surface area (TPSA) is 64.6 Å². The summed E-state index contributed by atoms with van der Waals surface area (Å²) in [6.07, 6.45) is 0. The Bertz CT molecular complexity index is 987. The summed E-state index contributed by atoms with van der Waals surface area (Å²) in [6.45, 7) is 1.22. The van der Waals surface area contributed by atoms with Crippen LogP contribution in [0.25, 0.3) is 0 Å². The second-order valence-electron chi connectivity index (χ2n) is 6.28. The Morgan fingerprint density at radius 1 is 1.10 bits per heavy atom. The van der Waals surface area contributed by atoms with E-state index in [2.05, 4.69) is 5.32 Å².